The van der Waals surface area contributed by atoms with Gasteiger partial charge < -0.3 is 5.32 Å². The molecule has 0 aliphatic rings. The van der Waals surface area contributed by atoms with Gasteiger partial charge in [-0.15, -0.1) is 16.9 Å². The second-order valence-corrected chi connectivity index (χ2v) is 6.87. The van der Waals surface area contributed by atoms with E-state index in [-0.39, 0.29) is 11.7 Å². The second-order valence-electron chi connectivity index (χ2n) is 5.70. The van der Waals surface area contributed by atoms with Gasteiger partial charge in [0.25, 0.3) is 5.91 Å². The van der Waals surface area contributed by atoms with Crippen molar-refractivity contribution in [3.8, 4) is 0 Å². The SMILES string of the molecule is O=C(NCCCSc1ccc(F)cc1)c1cn(Cc2ccccc2)nn1. The molecule has 0 saturated heterocycles. The number of carbonyl (C=O) groups is 1. The summed E-state index contributed by atoms with van der Waals surface area (Å²) >= 11 is 1.63. The topological polar surface area (TPSA) is 59.8 Å². The number of thioether (sulfide) groups is 1. The van der Waals surface area contributed by atoms with E-state index in [0.29, 0.717) is 18.8 Å². The number of nitrogens with zero attached hydrogens (tertiary/aromatic N) is 3. The Morgan fingerprint density at radius 2 is 1.88 bits per heavy atom. The molecule has 1 aromatic heterocycles. The van der Waals surface area contributed by atoms with Crippen LogP contribution in [0.15, 0.2) is 65.7 Å². The smallest absolute Gasteiger partial charge is 0.273 e. The van der Waals surface area contributed by atoms with Gasteiger partial charge in [0, 0.05) is 11.4 Å². The first-order valence-electron chi connectivity index (χ1n) is 8.31. The van der Waals surface area contributed by atoms with Crippen molar-refractivity contribution >= 4 is 17.7 Å². The maximum Gasteiger partial charge on any atom is 0.273 e. The number of benzene rings is 2. The maximum absolute atomic E-state index is 12.8. The fourth-order valence-corrected chi connectivity index (χ4v) is 3.19. The van der Waals surface area contributed by atoms with E-state index < -0.39 is 0 Å². The average molecular weight is 370 g/mol. The van der Waals surface area contributed by atoms with Crippen LogP contribution in [0.4, 0.5) is 4.39 Å². The fraction of sp³-hybridized carbons (Fsp3) is 0.211. The lowest BCUT2D eigenvalue weighted by atomic mass is 10.2. The number of hydrogen-bond donors (Lipinski definition) is 1. The molecule has 1 N–H and O–H groups in total. The van der Waals surface area contributed by atoms with Crippen molar-refractivity contribution in [2.24, 2.45) is 0 Å². The molecule has 134 valence electrons. The minimum absolute atomic E-state index is 0.226. The zero-order valence-electron chi connectivity index (χ0n) is 14.1. The Kier molecular flexibility index (Phi) is 6.38. The molecule has 0 unspecified atom stereocenters. The summed E-state index contributed by atoms with van der Waals surface area (Å²) < 4.78 is 14.5. The third-order valence-corrected chi connectivity index (χ3v) is 4.75. The van der Waals surface area contributed by atoms with Crippen molar-refractivity contribution in [1.29, 1.82) is 0 Å². The molecule has 7 heteroatoms. The molecule has 5 nitrogen and oxygen atoms in total. The summed E-state index contributed by atoms with van der Waals surface area (Å²) in [5.41, 5.74) is 1.41. The molecule has 0 fully saturated rings. The van der Waals surface area contributed by atoms with Crippen LogP contribution in [0.1, 0.15) is 22.5 Å². The first-order chi connectivity index (χ1) is 12.7. The highest BCUT2D eigenvalue weighted by Gasteiger charge is 2.10. The van der Waals surface area contributed by atoms with Crippen LogP contribution in [0.2, 0.25) is 0 Å². The number of rotatable bonds is 8. The Hall–Kier alpha value is -2.67. The van der Waals surface area contributed by atoms with Gasteiger partial charge in [0.1, 0.15) is 5.82 Å². The van der Waals surface area contributed by atoms with Crippen LogP contribution in [0.25, 0.3) is 0 Å². The highest BCUT2D eigenvalue weighted by Crippen LogP contribution is 2.18. The van der Waals surface area contributed by atoms with Crippen LogP contribution >= 0.6 is 11.8 Å². The molecule has 26 heavy (non-hydrogen) atoms. The molecular weight excluding hydrogens is 351 g/mol. The van der Waals surface area contributed by atoms with Crippen LogP contribution < -0.4 is 5.32 Å². The van der Waals surface area contributed by atoms with Crippen molar-refractivity contribution < 1.29 is 9.18 Å². The van der Waals surface area contributed by atoms with Gasteiger partial charge in [-0.05, 0) is 42.0 Å². The molecule has 0 aliphatic carbocycles. The Morgan fingerprint density at radius 3 is 2.65 bits per heavy atom. The summed E-state index contributed by atoms with van der Waals surface area (Å²) in [5, 5.41) is 10.8. The minimum Gasteiger partial charge on any atom is -0.351 e. The molecule has 0 spiro atoms. The molecule has 3 rings (SSSR count). The van der Waals surface area contributed by atoms with Gasteiger partial charge in [-0.1, -0.05) is 35.5 Å². The lowest BCUT2D eigenvalue weighted by Gasteiger charge is -2.03. The number of carbonyl (C=O) groups excluding carboxylic acids is 1. The van der Waals surface area contributed by atoms with Crippen molar-refractivity contribution in [3.05, 3.63) is 77.9 Å². The Labute approximate surface area is 155 Å². The fourth-order valence-electron chi connectivity index (χ4n) is 2.34. The number of amides is 1. The van der Waals surface area contributed by atoms with Gasteiger partial charge in [-0.2, -0.15) is 0 Å². The molecule has 0 saturated carbocycles. The summed E-state index contributed by atoms with van der Waals surface area (Å²) in [7, 11) is 0. The van der Waals surface area contributed by atoms with Crippen LogP contribution in [0, 0.1) is 5.82 Å². The monoisotopic (exact) mass is 370 g/mol. The summed E-state index contributed by atoms with van der Waals surface area (Å²) in [6.45, 7) is 1.13. The highest BCUT2D eigenvalue weighted by molar-refractivity contribution is 7.99. The number of nitrogens with one attached hydrogen (secondary N) is 1. The van der Waals surface area contributed by atoms with E-state index in [2.05, 4.69) is 15.6 Å². The third-order valence-electron chi connectivity index (χ3n) is 3.65. The van der Waals surface area contributed by atoms with Crippen molar-refractivity contribution in [3.63, 3.8) is 0 Å². The first kappa shape index (κ1) is 18.1. The number of halogens is 1. The average Bonchev–Trinajstić information content (AvgIpc) is 3.12. The molecule has 0 bridgehead atoms. The summed E-state index contributed by atoms with van der Waals surface area (Å²) in [6, 6.07) is 16.3. The van der Waals surface area contributed by atoms with E-state index in [4.69, 9.17) is 0 Å². The van der Waals surface area contributed by atoms with E-state index in [1.165, 1.54) is 12.1 Å². The van der Waals surface area contributed by atoms with Crippen molar-refractivity contribution in [2.75, 3.05) is 12.3 Å². The first-order valence-corrected chi connectivity index (χ1v) is 9.30. The zero-order chi connectivity index (χ0) is 18.2. The maximum atomic E-state index is 12.8. The second kappa shape index (κ2) is 9.15. The highest BCUT2D eigenvalue weighted by atomic mass is 32.2. The normalized spacial score (nSPS) is 10.7. The Balaban J connectivity index is 1.39. The molecule has 1 amide bonds. The minimum atomic E-state index is -0.234. The third kappa shape index (κ3) is 5.42. The lowest BCUT2D eigenvalue weighted by molar-refractivity contribution is 0.0948. The van der Waals surface area contributed by atoms with Crippen molar-refractivity contribution in [2.45, 2.75) is 17.9 Å². The van der Waals surface area contributed by atoms with Gasteiger partial charge in [-0.25, -0.2) is 9.07 Å². The predicted molar refractivity (Wildman–Crippen MR) is 99.6 cm³/mol. The van der Waals surface area contributed by atoms with E-state index >= 15 is 0 Å². The van der Waals surface area contributed by atoms with Crippen LogP contribution in [-0.4, -0.2) is 33.2 Å². The molecule has 0 aliphatic heterocycles. The quantitative estimate of drug-likeness (QED) is 0.488. The molecule has 0 atom stereocenters. The van der Waals surface area contributed by atoms with E-state index in [0.717, 1.165) is 22.6 Å². The van der Waals surface area contributed by atoms with Gasteiger partial charge in [0.2, 0.25) is 0 Å². The van der Waals surface area contributed by atoms with Gasteiger partial charge >= 0.3 is 0 Å². The molecular formula is C19H19FN4OS. The van der Waals surface area contributed by atoms with Gasteiger partial charge in [0.15, 0.2) is 5.69 Å². The summed E-state index contributed by atoms with van der Waals surface area (Å²) in [4.78, 5) is 13.1. The standard InChI is InChI=1S/C19H19FN4OS/c20-16-7-9-17(10-8-16)26-12-4-11-21-19(25)18-14-24(23-22-18)13-15-5-2-1-3-6-15/h1-3,5-10,14H,4,11-13H2,(H,21,25). The van der Waals surface area contributed by atoms with Crippen molar-refractivity contribution in [1.82, 2.24) is 20.3 Å². The Bertz CT molecular complexity index is 836. The number of aromatic nitrogens is 3. The lowest BCUT2D eigenvalue weighted by Crippen LogP contribution is -2.25. The van der Waals surface area contributed by atoms with Crippen LogP contribution in [0.3, 0.4) is 0 Å². The number of hydrogen-bond acceptors (Lipinski definition) is 4. The molecule has 0 radical (unpaired) electrons. The molecule has 3 aromatic rings. The van der Waals surface area contributed by atoms with Gasteiger partial charge in [-0.3, -0.25) is 4.79 Å². The largest absolute Gasteiger partial charge is 0.351 e. The predicted octanol–water partition coefficient (Wildman–Crippen LogP) is 3.38. The van der Waals surface area contributed by atoms with Crippen LogP contribution in [-0.2, 0) is 6.54 Å². The van der Waals surface area contributed by atoms with Crippen LogP contribution in [0.5, 0.6) is 0 Å². The summed E-state index contributed by atoms with van der Waals surface area (Å²) in [6.07, 6.45) is 2.46. The van der Waals surface area contributed by atoms with Gasteiger partial charge in [0.05, 0.1) is 12.7 Å². The zero-order valence-corrected chi connectivity index (χ0v) is 15.0. The Morgan fingerprint density at radius 1 is 1.12 bits per heavy atom. The molecule has 2 aromatic carbocycles. The van der Waals surface area contributed by atoms with E-state index in [9.17, 15) is 9.18 Å². The molecule has 1 heterocycles. The van der Waals surface area contributed by atoms with E-state index in [1.807, 2.05) is 30.3 Å². The summed E-state index contributed by atoms with van der Waals surface area (Å²) in [5.74, 6) is 0.380. The van der Waals surface area contributed by atoms with E-state index in [1.54, 1.807) is 34.8 Å².